The van der Waals surface area contributed by atoms with Crippen LogP contribution in [0.2, 0.25) is 0 Å². The smallest absolute Gasteiger partial charge is 0.166 e. The number of thiophene rings is 1. The fourth-order valence-corrected chi connectivity index (χ4v) is 9.70. The summed E-state index contributed by atoms with van der Waals surface area (Å²) in [4.78, 5) is 15.4. The summed E-state index contributed by atoms with van der Waals surface area (Å²) >= 11 is 1.86. The van der Waals surface area contributed by atoms with Crippen molar-refractivity contribution in [2.24, 2.45) is 0 Å². The molecule has 0 aliphatic rings. The van der Waals surface area contributed by atoms with Crippen LogP contribution in [0, 0.1) is 0 Å². The Bertz CT molecular complexity index is 3470. The zero-order valence-corrected chi connectivity index (χ0v) is 31.2. The van der Waals surface area contributed by atoms with Gasteiger partial charge < -0.3 is 8.98 Å². The standard InChI is InChI=1S/C51H30N4OS/c1-3-14-31(15-4-1)49-52-50(32-16-5-2-6-17-32)54-51(53-49)40-28-27-38-36-19-8-11-24-44(36)56-47(38)46(40)55-42-23-10-7-18-35(42)41-30-33(26-29-43(41)55)34-21-13-22-39-37-20-9-12-25-45(37)57-48(34)39/h1-30H. The van der Waals surface area contributed by atoms with Crippen molar-refractivity contribution in [1.82, 2.24) is 19.5 Å². The first-order chi connectivity index (χ1) is 28.3. The molecule has 0 spiro atoms. The van der Waals surface area contributed by atoms with Gasteiger partial charge in [0.2, 0.25) is 0 Å². The normalized spacial score (nSPS) is 11.9. The molecule has 0 fully saturated rings. The summed E-state index contributed by atoms with van der Waals surface area (Å²) in [6.45, 7) is 0. The minimum Gasteiger partial charge on any atom is -0.454 e. The summed E-state index contributed by atoms with van der Waals surface area (Å²) < 4.78 is 11.8. The van der Waals surface area contributed by atoms with E-state index in [9.17, 15) is 0 Å². The summed E-state index contributed by atoms with van der Waals surface area (Å²) in [5.41, 5.74) is 9.73. The maximum atomic E-state index is 6.88. The van der Waals surface area contributed by atoms with E-state index >= 15 is 0 Å². The fraction of sp³-hybridized carbons (Fsp3) is 0. The Hall–Kier alpha value is -7.41. The molecule has 0 aliphatic carbocycles. The number of benzene rings is 8. The minimum atomic E-state index is 0.569. The van der Waals surface area contributed by atoms with Gasteiger partial charge in [0, 0.05) is 58.4 Å². The Kier molecular flexibility index (Phi) is 7.03. The Morgan fingerprint density at radius 2 is 1.04 bits per heavy atom. The fourth-order valence-electron chi connectivity index (χ4n) is 8.46. The summed E-state index contributed by atoms with van der Waals surface area (Å²) in [5, 5.41) is 6.99. The third-order valence-electron chi connectivity index (χ3n) is 11.1. The van der Waals surface area contributed by atoms with E-state index in [4.69, 9.17) is 19.4 Å². The summed E-state index contributed by atoms with van der Waals surface area (Å²) in [7, 11) is 0. The van der Waals surface area contributed by atoms with E-state index in [1.54, 1.807) is 0 Å². The number of nitrogens with zero attached hydrogens (tertiary/aromatic N) is 4. The second-order valence-corrected chi connectivity index (χ2v) is 15.4. The van der Waals surface area contributed by atoms with Crippen molar-refractivity contribution >= 4 is 75.3 Å². The molecule has 5 nitrogen and oxygen atoms in total. The molecule has 0 bridgehead atoms. The van der Waals surface area contributed by atoms with Crippen LogP contribution in [-0.4, -0.2) is 19.5 Å². The Balaban J connectivity index is 1.16. The maximum Gasteiger partial charge on any atom is 0.166 e. The van der Waals surface area contributed by atoms with Crippen molar-refractivity contribution in [2.75, 3.05) is 0 Å². The van der Waals surface area contributed by atoms with Crippen LogP contribution in [0.15, 0.2) is 186 Å². The molecule has 266 valence electrons. The molecule has 0 saturated heterocycles. The van der Waals surface area contributed by atoms with E-state index in [0.717, 1.165) is 66.1 Å². The number of furan rings is 1. The molecular formula is C51H30N4OS. The van der Waals surface area contributed by atoms with Gasteiger partial charge in [0.25, 0.3) is 0 Å². The van der Waals surface area contributed by atoms with E-state index in [1.165, 1.54) is 31.3 Å². The molecule has 6 heteroatoms. The lowest BCUT2D eigenvalue weighted by Gasteiger charge is -2.15. The van der Waals surface area contributed by atoms with E-state index in [-0.39, 0.29) is 0 Å². The lowest BCUT2D eigenvalue weighted by atomic mass is 10.0. The van der Waals surface area contributed by atoms with Crippen LogP contribution >= 0.6 is 11.3 Å². The molecule has 4 aromatic heterocycles. The van der Waals surface area contributed by atoms with Crippen molar-refractivity contribution in [2.45, 2.75) is 0 Å². The molecule has 0 N–H and O–H groups in total. The second kappa shape index (κ2) is 12.6. The molecule has 12 rings (SSSR count). The van der Waals surface area contributed by atoms with Crippen LogP contribution in [0.4, 0.5) is 0 Å². The molecule has 0 aliphatic heterocycles. The second-order valence-electron chi connectivity index (χ2n) is 14.3. The molecule has 0 amide bonds. The van der Waals surface area contributed by atoms with Gasteiger partial charge in [-0.15, -0.1) is 11.3 Å². The molecule has 12 aromatic rings. The van der Waals surface area contributed by atoms with Gasteiger partial charge in [-0.1, -0.05) is 140 Å². The van der Waals surface area contributed by atoms with Crippen LogP contribution in [0.5, 0.6) is 0 Å². The lowest BCUT2D eigenvalue weighted by Crippen LogP contribution is -2.04. The summed E-state index contributed by atoms with van der Waals surface area (Å²) in [6.07, 6.45) is 0. The minimum absolute atomic E-state index is 0.569. The predicted octanol–water partition coefficient (Wildman–Crippen LogP) is 13.9. The zero-order valence-electron chi connectivity index (χ0n) is 30.4. The molecule has 57 heavy (non-hydrogen) atoms. The van der Waals surface area contributed by atoms with Gasteiger partial charge in [-0.05, 0) is 53.6 Å². The lowest BCUT2D eigenvalue weighted by molar-refractivity contribution is 0.666. The third-order valence-corrected chi connectivity index (χ3v) is 12.3. The highest BCUT2D eigenvalue weighted by atomic mass is 32.1. The number of rotatable bonds is 5. The number of hydrogen-bond donors (Lipinski definition) is 0. The topological polar surface area (TPSA) is 56.7 Å². The highest BCUT2D eigenvalue weighted by Gasteiger charge is 2.25. The van der Waals surface area contributed by atoms with Gasteiger partial charge in [-0.25, -0.2) is 15.0 Å². The average molecular weight is 747 g/mol. The van der Waals surface area contributed by atoms with Crippen molar-refractivity contribution in [3.63, 3.8) is 0 Å². The third kappa shape index (κ3) is 4.98. The van der Waals surface area contributed by atoms with Gasteiger partial charge in [-0.2, -0.15) is 0 Å². The van der Waals surface area contributed by atoms with Crippen molar-refractivity contribution in [3.8, 4) is 51.0 Å². The van der Waals surface area contributed by atoms with Gasteiger partial charge in [0.15, 0.2) is 23.1 Å². The molecule has 0 saturated carbocycles. The van der Waals surface area contributed by atoms with E-state index < -0.39 is 0 Å². The highest BCUT2D eigenvalue weighted by Crippen LogP contribution is 2.45. The monoisotopic (exact) mass is 746 g/mol. The molecule has 0 atom stereocenters. The van der Waals surface area contributed by atoms with Crippen LogP contribution < -0.4 is 0 Å². The van der Waals surface area contributed by atoms with E-state index in [1.807, 2.05) is 84.1 Å². The molecule has 0 radical (unpaired) electrons. The van der Waals surface area contributed by atoms with E-state index in [2.05, 4.69) is 114 Å². The Morgan fingerprint density at radius 3 is 1.82 bits per heavy atom. The Labute approximate surface area is 330 Å². The number of para-hydroxylation sites is 2. The number of fused-ring (bicyclic) bond motifs is 9. The highest BCUT2D eigenvalue weighted by molar-refractivity contribution is 7.26. The first kappa shape index (κ1) is 31.9. The van der Waals surface area contributed by atoms with Gasteiger partial charge in [0.1, 0.15) is 11.3 Å². The largest absolute Gasteiger partial charge is 0.454 e. The maximum absolute atomic E-state index is 6.88. The molecular weight excluding hydrogens is 717 g/mol. The van der Waals surface area contributed by atoms with Gasteiger partial charge in [-0.3, -0.25) is 0 Å². The molecule has 8 aromatic carbocycles. The van der Waals surface area contributed by atoms with Crippen molar-refractivity contribution < 1.29 is 4.42 Å². The van der Waals surface area contributed by atoms with Crippen molar-refractivity contribution in [1.29, 1.82) is 0 Å². The first-order valence-electron chi connectivity index (χ1n) is 19.0. The molecule has 4 heterocycles. The van der Waals surface area contributed by atoms with Crippen molar-refractivity contribution in [3.05, 3.63) is 182 Å². The average Bonchev–Trinajstić information content (AvgIpc) is 3.96. The van der Waals surface area contributed by atoms with Crippen LogP contribution in [0.3, 0.4) is 0 Å². The predicted molar refractivity (Wildman–Crippen MR) is 236 cm³/mol. The van der Waals surface area contributed by atoms with Crippen LogP contribution in [-0.2, 0) is 0 Å². The summed E-state index contributed by atoms with van der Waals surface area (Å²) in [5.74, 6) is 1.79. The zero-order chi connectivity index (χ0) is 37.5. The quantitative estimate of drug-likeness (QED) is 0.176. The van der Waals surface area contributed by atoms with Gasteiger partial charge >= 0.3 is 0 Å². The van der Waals surface area contributed by atoms with Gasteiger partial charge in [0.05, 0.1) is 11.0 Å². The summed E-state index contributed by atoms with van der Waals surface area (Å²) in [6, 6.07) is 63.7. The van der Waals surface area contributed by atoms with Crippen LogP contribution in [0.25, 0.3) is 115 Å². The van der Waals surface area contributed by atoms with Crippen LogP contribution in [0.1, 0.15) is 0 Å². The first-order valence-corrected chi connectivity index (χ1v) is 19.8. The SMILES string of the molecule is c1ccc(-c2nc(-c3ccccc3)nc(-c3ccc4c(oc5ccccc54)c3-n3c4ccccc4c4cc(-c5cccc6c5sc5ccccc56)ccc43)n2)cc1. The molecule has 0 unspecified atom stereocenters. The number of aromatic nitrogens is 4. The Morgan fingerprint density at radius 1 is 0.404 bits per heavy atom. The van der Waals surface area contributed by atoms with E-state index in [0.29, 0.717) is 17.5 Å². The number of hydrogen-bond acceptors (Lipinski definition) is 5.